The van der Waals surface area contributed by atoms with Crippen LogP contribution in [-0.2, 0) is 16.0 Å². The summed E-state index contributed by atoms with van der Waals surface area (Å²) in [6, 6.07) is 14.9. The molecule has 0 saturated carbocycles. The summed E-state index contributed by atoms with van der Waals surface area (Å²) >= 11 is 12.0. The Bertz CT molecular complexity index is 929. The Labute approximate surface area is 180 Å². The average Bonchev–Trinajstić information content (AvgIpc) is 3.04. The van der Waals surface area contributed by atoms with Crippen molar-refractivity contribution >= 4 is 40.7 Å². The first-order chi connectivity index (χ1) is 14.0. The third-order valence-electron chi connectivity index (χ3n) is 4.76. The number of rotatable bonds is 8. The molecule has 152 valence electrons. The number of aryl methyl sites for hydroxylation is 1. The maximum absolute atomic E-state index is 12.7. The van der Waals surface area contributed by atoms with Gasteiger partial charge in [-0.05, 0) is 49.6 Å². The maximum atomic E-state index is 12.7. The van der Waals surface area contributed by atoms with Crippen molar-refractivity contribution in [2.24, 2.45) is 0 Å². The summed E-state index contributed by atoms with van der Waals surface area (Å²) in [5, 5.41) is 7.10. The second-order valence-electron chi connectivity index (χ2n) is 6.77. The van der Waals surface area contributed by atoms with Gasteiger partial charge in [0.05, 0.1) is 22.2 Å². The molecular weight excluding hydrogens is 409 g/mol. The maximum Gasteiger partial charge on any atom is 0.271 e. The van der Waals surface area contributed by atoms with Crippen molar-refractivity contribution in [2.45, 2.75) is 19.8 Å². The van der Waals surface area contributed by atoms with Crippen molar-refractivity contribution in [1.29, 1.82) is 0 Å². The number of para-hydroxylation sites is 1. The number of nitrogens with one attached hydrogen (secondary N) is 2. The van der Waals surface area contributed by atoms with Gasteiger partial charge in [0.2, 0.25) is 0 Å². The average molecular weight is 432 g/mol. The lowest BCUT2D eigenvalue weighted by molar-refractivity contribution is -0.125. The van der Waals surface area contributed by atoms with Crippen LogP contribution in [-0.4, -0.2) is 36.3 Å². The molecule has 0 radical (unpaired) electrons. The van der Waals surface area contributed by atoms with Crippen LogP contribution in [0.15, 0.2) is 59.8 Å². The van der Waals surface area contributed by atoms with Gasteiger partial charge in [0.25, 0.3) is 11.8 Å². The molecular formula is C22H23Cl2N3O2. The molecule has 7 heteroatoms. The Morgan fingerprint density at radius 3 is 2.55 bits per heavy atom. The van der Waals surface area contributed by atoms with Gasteiger partial charge in [0.15, 0.2) is 0 Å². The van der Waals surface area contributed by atoms with Crippen LogP contribution in [0.3, 0.4) is 0 Å². The van der Waals surface area contributed by atoms with Gasteiger partial charge >= 0.3 is 0 Å². The lowest BCUT2D eigenvalue weighted by atomic mass is 10.1. The van der Waals surface area contributed by atoms with Gasteiger partial charge in [0, 0.05) is 18.8 Å². The first-order valence-corrected chi connectivity index (χ1v) is 10.3. The quantitative estimate of drug-likeness (QED) is 0.613. The van der Waals surface area contributed by atoms with Gasteiger partial charge in [-0.25, -0.2) is 0 Å². The van der Waals surface area contributed by atoms with Crippen molar-refractivity contribution in [3.05, 3.63) is 75.4 Å². The summed E-state index contributed by atoms with van der Waals surface area (Å²) in [5.41, 5.74) is 2.65. The molecule has 0 aromatic heterocycles. The number of carbonyl (C=O) groups is 2. The van der Waals surface area contributed by atoms with Crippen LogP contribution in [0, 0.1) is 0 Å². The minimum absolute atomic E-state index is 0.155. The molecule has 2 aromatic carbocycles. The van der Waals surface area contributed by atoms with Crippen LogP contribution in [0.25, 0.3) is 0 Å². The molecule has 2 N–H and O–H groups in total. The van der Waals surface area contributed by atoms with Gasteiger partial charge in [-0.1, -0.05) is 47.5 Å². The minimum Gasteiger partial charge on any atom is -0.352 e. The standard InChI is InChI=1S/C22H23Cl2N3O2/c1-2-27-14-17(20(22(27)29)26-16-8-4-3-5-9-16)21(28)25-12-6-7-15-10-11-18(23)19(24)13-15/h3-5,8-11,13,26H,2,6-7,12,14H2,1H3,(H,25,28). The first kappa shape index (κ1) is 21.2. The van der Waals surface area contributed by atoms with E-state index in [1.54, 1.807) is 11.0 Å². The van der Waals surface area contributed by atoms with Gasteiger partial charge < -0.3 is 15.5 Å². The van der Waals surface area contributed by atoms with E-state index in [1.807, 2.05) is 49.4 Å². The monoisotopic (exact) mass is 431 g/mol. The van der Waals surface area contributed by atoms with E-state index in [4.69, 9.17) is 23.2 Å². The highest BCUT2D eigenvalue weighted by atomic mass is 35.5. The molecule has 2 amide bonds. The second kappa shape index (κ2) is 9.81. The number of hydrogen-bond acceptors (Lipinski definition) is 3. The van der Waals surface area contributed by atoms with E-state index in [-0.39, 0.29) is 11.8 Å². The molecule has 0 aliphatic carbocycles. The largest absolute Gasteiger partial charge is 0.352 e. The number of amides is 2. The molecule has 0 unspecified atom stereocenters. The Balaban J connectivity index is 1.61. The highest BCUT2D eigenvalue weighted by Crippen LogP contribution is 2.23. The Morgan fingerprint density at radius 1 is 1.10 bits per heavy atom. The fourth-order valence-corrected chi connectivity index (χ4v) is 3.48. The molecule has 1 aliphatic heterocycles. The Kier molecular flexibility index (Phi) is 7.18. The van der Waals surface area contributed by atoms with Crippen LogP contribution >= 0.6 is 23.2 Å². The van der Waals surface area contributed by atoms with Gasteiger partial charge in [-0.2, -0.15) is 0 Å². The number of hydrogen-bond donors (Lipinski definition) is 2. The molecule has 1 aliphatic rings. The normalized spacial score (nSPS) is 13.8. The summed E-state index contributed by atoms with van der Waals surface area (Å²) < 4.78 is 0. The Hall–Kier alpha value is -2.50. The summed E-state index contributed by atoms with van der Waals surface area (Å²) in [6.07, 6.45) is 1.52. The van der Waals surface area contributed by atoms with Crippen molar-refractivity contribution < 1.29 is 9.59 Å². The molecule has 0 bridgehead atoms. The summed E-state index contributed by atoms with van der Waals surface area (Å²) in [4.78, 5) is 27.0. The van der Waals surface area contributed by atoms with E-state index in [0.717, 1.165) is 24.1 Å². The van der Waals surface area contributed by atoms with Crippen LogP contribution in [0.2, 0.25) is 10.0 Å². The van der Waals surface area contributed by atoms with Crippen LogP contribution < -0.4 is 10.6 Å². The SMILES string of the molecule is CCN1CC(C(=O)NCCCc2ccc(Cl)c(Cl)c2)=C(Nc2ccccc2)C1=O. The van der Waals surface area contributed by atoms with Crippen LogP contribution in [0.4, 0.5) is 5.69 Å². The molecule has 3 rings (SSSR count). The fraction of sp³-hybridized carbons (Fsp3) is 0.273. The molecule has 1 heterocycles. The van der Waals surface area contributed by atoms with Crippen molar-refractivity contribution in [1.82, 2.24) is 10.2 Å². The van der Waals surface area contributed by atoms with E-state index >= 15 is 0 Å². The minimum atomic E-state index is -0.220. The molecule has 0 atom stereocenters. The number of nitrogens with zero attached hydrogens (tertiary/aromatic N) is 1. The topological polar surface area (TPSA) is 61.4 Å². The zero-order valence-electron chi connectivity index (χ0n) is 16.2. The van der Waals surface area contributed by atoms with Crippen LogP contribution in [0.1, 0.15) is 18.9 Å². The van der Waals surface area contributed by atoms with Crippen molar-refractivity contribution in [2.75, 3.05) is 25.0 Å². The van der Waals surface area contributed by atoms with E-state index in [0.29, 0.717) is 40.9 Å². The highest BCUT2D eigenvalue weighted by molar-refractivity contribution is 6.42. The number of likely N-dealkylation sites (N-methyl/N-ethyl adjacent to an activating group) is 1. The van der Waals surface area contributed by atoms with Gasteiger partial charge in [-0.3, -0.25) is 9.59 Å². The predicted molar refractivity (Wildman–Crippen MR) is 117 cm³/mol. The summed E-state index contributed by atoms with van der Waals surface area (Å²) in [7, 11) is 0. The number of anilines is 1. The number of benzene rings is 2. The Morgan fingerprint density at radius 2 is 1.86 bits per heavy atom. The number of carbonyl (C=O) groups excluding carboxylic acids is 2. The van der Waals surface area contributed by atoms with Crippen molar-refractivity contribution in [3.63, 3.8) is 0 Å². The molecule has 0 fully saturated rings. The second-order valence-corrected chi connectivity index (χ2v) is 7.59. The van der Waals surface area contributed by atoms with E-state index in [9.17, 15) is 9.59 Å². The van der Waals surface area contributed by atoms with Crippen LogP contribution in [0.5, 0.6) is 0 Å². The first-order valence-electron chi connectivity index (χ1n) is 9.56. The predicted octanol–water partition coefficient (Wildman–Crippen LogP) is 4.27. The fourth-order valence-electron chi connectivity index (χ4n) is 3.16. The van der Waals surface area contributed by atoms with Gasteiger partial charge in [-0.15, -0.1) is 0 Å². The smallest absolute Gasteiger partial charge is 0.271 e. The molecule has 0 spiro atoms. The summed E-state index contributed by atoms with van der Waals surface area (Å²) in [6.45, 7) is 3.26. The lowest BCUT2D eigenvalue weighted by Crippen LogP contribution is -2.30. The zero-order valence-corrected chi connectivity index (χ0v) is 17.7. The molecule has 0 saturated heterocycles. The number of halogens is 2. The van der Waals surface area contributed by atoms with Gasteiger partial charge in [0.1, 0.15) is 5.70 Å². The van der Waals surface area contributed by atoms with E-state index in [2.05, 4.69) is 10.6 Å². The molecule has 2 aromatic rings. The molecule has 5 nitrogen and oxygen atoms in total. The highest BCUT2D eigenvalue weighted by Gasteiger charge is 2.33. The third kappa shape index (κ3) is 5.31. The lowest BCUT2D eigenvalue weighted by Gasteiger charge is -2.13. The summed E-state index contributed by atoms with van der Waals surface area (Å²) in [5.74, 6) is -0.376. The van der Waals surface area contributed by atoms with E-state index < -0.39 is 0 Å². The van der Waals surface area contributed by atoms with Crippen molar-refractivity contribution in [3.8, 4) is 0 Å². The third-order valence-corrected chi connectivity index (χ3v) is 5.50. The molecule has 29 heavy (non-hydrogen) atoms. The zero-order chi connectivity index (χ0) is 20.8. The van der Waals surface area contributed by atoms with E-state index in [1.165, 1.54) is 0 Å².